The molecule has 0 aliphatic rings. The molecule has 0 heterocycles. The number of aliphatic hydroxyl groups is 1. The molecule has 1 aromatic rings. The van der Waals surface area contributed by atoms with E-state index >= 15 is 0 Å². The summed E-state index contributed by atoms with van der Waals surface area (Å²) in [5.41, 5.74) is 3.72. The molecule has 0 radical (unpaired) electrons. The first-order valence-corrected chi connectivity index (χ1v) is 7.28. The standard InChI is InChI=1S/C17H29NO2/c1-12-7-15(8-13(2)16(12)20-6)10-18-11-17(4,5)9-14(3)19/h7-8,14,18-19H,9-11H2,1-6H3. The molecule has 0 fully saturated rings. The molecule has 3 heteroatoms. The van der Waals surface area contributed by atoms with Crippen LogP contribution in [0.15, 0.2) is 12.1 Å². The highest BCUT2D eigenvalue weighted by Crippen LogP contribution is 2.25. The maximum atomic E-state index is 9.49. The Bertz CT molecular complexity index is 416. The van der Waals surface area contributed by atoms with Crippen molar-refractivity contribution in [2.45, 2.75) is 53.7 Å². The van der Waals surface area contributed by atoms with Crippen LogP contribution in [-0.4, -0.2) is 24.9 Å². The largest absolute Gasteiger partial charge is 0.496 e. The van der Waals surface area contributed by atoms with Gasteiger partial charge in [0.25, 0.3) is 0 Å². The zero-order valence-corrected chi connectivity index (χ0v) is 13.7. The molecule has 20 heavy (non-hydrogen) atoms. The van der Waals surface area contributed by atoms with Crippen LogP contribution in [0.4, 0.5) is 0 Å². The molecule has 3 nitrogen and oxygen atoms in total. The number of aryl methyl sites for hydroxylation is 2. The van der Waals surface area contributed by atoms with Crippen LogP contribution in [0.3, 0.4) is 0 Å². The number of hydrogen-bond acceptors (Lipinski definition) is 3. The summed E-state index contributed by atoms with van der Waals surface area (Å²) in [7, 11) is 1.71. The van der Waals surface area contributed by atoms with Gasteiger partial charge in [-0.25, -0.2) is 0 Å². The molecule has 1 aromatic carbocycles. The van der Waals surface area contributed by atoms with Crippen molar-refractivity contribution in [1.82, 2.24) is 5.32 Å². The molecule has 0 spiro atoms. The summed E-state index contributed by atoms with van der Waals surface area (Å²) in [6, 6.07) is 4.33. The Morgan fingerprint density at radius 2 is 1.80 bits per heavy atom. The second-order valence-corrected chi connectivity index (χ2v) is 6.58. The van der Waals surface area contributed by atoms with Gasteiger partial charge in [0, 0.05) is 13.1 Å². The summed E-state index contributed by atoms with van der Waals surface area (Å²) >= 11 is 0. The van der Waals surface area contributed by atoms with Crippen molar-refractivity contribution >= 4 is 0 Å². The molecule has 0 amide bonds. The molecular weight excluding hydrogens is 250 g/mol. The van der Waals surface area contributed by atoms with Crippen molar-refractivity contribution < 1.29 is 9.84 Å². The quantitative estimate of drug-likeness (QED) is 0.805. The molecule has 114 valence electrons. The number of nitrogens with one attached hydrogen (secondary N) is 1. The van der Waals surface area contributed by atoms with Crippen LogP contribution < -0.4 is 10.1 Å². The Labute approximate surface area is 123 Å². The first-order valence-electron chi connectivity index (χ1n) is 7.28. The summed E-state index contributed by atoms with van der Waals surface area (Å²) < 4.78 is 5.39. The van der Waals surface area contributed by atoms with E-state index in [-0.39, 0.29) is 11.5 Å². The van der Waals surface area contributed by atoms with Gasteiger partial charge in [-0.15, -0.1) is 0 Å². The van der Waals surface area contributed by atoms with Gasteiger partial charge in [0.05, 0.1) is 13.2 Å². The van der Waals surface area contributed by atoms with Crippen molar-refractivity contribution in [3.8, 4) is 5.75 Å². The number of rotatable bonds is 7. The Hall–Kier alpha value is -1.06. The average Bonchev–Trinajstić information content (AvgIpc) is 2.26. The van der Waals surface area contributed by atoms with Crippen LogP contribution >= 0.6 is 0 Å². The molecule has 1 rings (SSSR count). The Morgan fingerprint density at radius 1 is 1.25 bits per heavy atom. The van der Waals surface area contributed by atoms with E-state index in [9.17, 15) is 5.11 Å². The lowest BCUT2D eigenvalue weighted by molar-refractivity contribution is 0.128. The van der Waals surface area contributed by atoms with E-state index in [0.29, 0.717) is 0 Å². The van der Waals surface area contributed by atoms with E-state index in [2.05, 4.69) is 45.1 Å². The fourth-order valence-corrected chi connectivity index (χ4v) is 2.88. The van der Waals surface area contributed by atoms with E-state index in [0.717, 1.165) is 25.3 Å². The number of methoxy groups -OCH3 is 1. The molecule has 0 saturated heterocycles. The minimum Gasteiger partial charge on any atom is -0.496 e. The van der Waals surface area contributed by atoms with Gasteiger partial charge < -0.3 is 15.2 Å². The van der Waals surface area contributed by atoms with E-state index in [1.165, 1.54) is 16.7 Å². The molecule has 0 aliphatic carbocycles. The monoisotopic (exact) mass is 279 g/mol. The second-order valence-electron chi connectivity index (χ2n) is 6.58. The Balaban J connectivity index is 2.59. The molecule has 1 unspecified atom stereocenters. The molecular formula is C17H29NO2. The van der Waals surface area contributed by atoms with Gasteiger partial charge in [-0.2, -0.15) is 0 Å². The minimum atomic E-state index is -0.253. The van der Waals surface area contributed by atoms with Gasteiger partial charge in [-0.05, 0) is 49.3 Å². The van der Waals surface area contributed by atoms with E-state index < -0.39 is 0 Å². The number of hydrogen-bond donors (Lipinski definition) is 2. The van der Waals surface area contributed by atoms with Gasteiger partial charge in [0.2, 0.25) is 0 Å². The summed E-state index contributed by atoms with van der Waals surface area (Å²) in [5, 5.41) is 13.0. The number of aliphatic hydroxyl groups excluding tert-OH is 1. The van der Waals surface area contributed by atoms with E-state index in [1.807, 2.05) is 6.92 Å². The zero-order valence-electron chi connectivity index (χ0n) is 13.7. The van der Waals surface area contributed by atoms with Gasteiger partial charge in [0.15, 0.2) is 0 Å². The highest BCUT2D eigenvalue weighted by atomic mass is 16.5. The molecule has 0 aromatic heterocycles. The zero-order chi connectivity index (χ0) is 15.3. The summed E-state index contributed by atoms with van der Waals surface area (Å²) in [6.07, 6.45) is 0.554. The van der Waals surface area contributed by atoms with Crippen molar-refractivity contribution in [2.24, 2.45) is 5.41 Å². The smallest absolute Gasteiger partial charge is 0.124 e. The lowest BCUT2D eigenvalue weighted by Crippen LogP contribution is -2.31. The molecule has 0 bridgehead atoms. The van der Waals surface area contributed by atoms with Gasteiger partial charge in [0.1, 0.15) is 5.75 Å². The molecule has 1 atom stereocenters. The summed E-state index contributed by atoms with van der Waals surface area (Å²) in [5.74, 6) is 0.975. The molecule has 0 saturated carbocycles. The van der Waals surface area contributed by atoms with Crippen molar-refractivity contribution in [2.75, 3.05) is 13.7 Å². The van der Waals surface area contributed by atoms with Gasteiger partial charge in [-0.1, -0.05) is 26.0 Å². The fraction of sp³-hybridized carbons (Fsp3) is 0.647. The third-order valence-electron chi connectivity index (χ3n) is 3.50. The van der Waals surface area contributed by atoms with Crippen LogP contribution in [0.25, 0.3) is 0 Å². The highest BCUT2D eigenvalue weighted by molar-refractivity contribution is 5.43. The van der Waals surface area contributed by atoms with E-state index in [1.54, 1.807) is 7.11 Å². The third kappa shape index (κ3) is 5.14. The van der Waals surface area contributed by atoms with Gasteiger partial charge >= 0.3 is 0 Å². The minimum absolute atomic E-state index is 0.102. The van der Waals surface area contributed by atoms with E-state index in [4.69, 9.17) is 4.74 Å². The fourth-order valence-electron chi connectivity index (χ4n) is 2.88. The summed E-state index contributed by atoms with van der Waals surface area (Å²) in [6.45, 7) is 12.1. The first kappa shape index (κ1) is 17.0. The SMILES string of the molecule is COc1c(C)cc(CNCC(C)(C)CC(C)O)cc1C. The summed E-state index contributed by atoms with van der Waals surface area (Å²) in [4.78, 5) is 0. The number of benzene rings is 1. The molecule has 0 aliphatic heterocycles. The van der Waals surface area contributed by atoms with Crippen LogP contribution in [-0.2, 0) is 6.54 Å². The van der Waals surface area contributed by atoms with Crippen molar-refractivity contribution in [1.29, 1.82) is 0 Å². The Kier molecular flexibility index (Phi) is 6.03. The third-order valence-corrected chi connectivity index (χ3v) is 3.50. The van der Waals surface area contributed by atoms with Crippen molar-refractivity contribution in [3.63, 3.8) is 0 Å². The van der Waals surface area contributed by atoms with Crippen LogP contribution in [0.2, 0.25) is 0 Å². The molecule has 2 N–H and O–H groups in total. The van der Waals surface area contributed by atoms with Crippen LogP contribution in [0, 0.1) is 19.3 Å². The topological polar surface area (TPSA) is 41.5 Å². The van der Waals surface area contributed by atoms with Crippen molar-refractivity contribution in [3.05, 3.63) is 28.8 Å². The lowest BCUT2D eigenvalue weighted by atomic mass is 9.87. The average molecular weight is 279 g/mol. The maximum absolute atomic E-state index is 9.49. The maximum Gasteiger partial charge on any atom is 0.124 e. The lowest BCUT2D eigenvalue weighted by Gasteiger charge is -2.26. The van der Waals surface area contributed by atoms with Gasteiger partial charge in [-0.3, -0.25) is 0 Å². The van der Waals surface area contributed by atoms with Crippen LogP contribution in [0.1, 0.15) is 43.9 Å². The Morgan fingerprint density at radius 3 is 2.25 bits per heavy atom. The highest BCUT2D eigenvalue weighted by Gasteiger charge is 2.19. The predicted octanol–water partition coefficient (Wildman–Crippen LogP) is 3.20. The normalized spacial score (nSPS) is 13.3. The van der Waals surface area contributed by atoms with Crippen LogP contribution in [0.5, 0.6) is 5.75 Å². The second kappa shape index (κ2) is 7.09. The predicted molar refractivity (Wildman–Crippen MR) is 84.3 cm³/mol. The number of ether oxygens (including phenoxy) is 1. The first-order chi connectivity index (χ1) is 9.25.